The molecular formula is C19H28N4O6S. The van der Waals surface area contributed by atoms with Crippen LogP contribution in [0.15, 0.2) is 24.3 Å². The van der Waals surface area contributed by atoms with Gasteiger partial charge >= 0.3 is 6.09 Å². The van der Waals surface area contributed by atoms with Crippen LogP contribution in [0.4, 0.5) is 10.5 Å². The number of benzene rings is 1. The van der Waals surface area contributed by atoms with Crippen LogP contribution in [-0.2, 0) is 14.8 Å². The molecule has 2 fully saturated rings. The van der Waals surface area contributed by atoms with E-state index in [2.05, 4.69) is 4.90 Å². The summed E-state index contributed by atoms with van der Waals surface area (Å²) in [5.41, 5.74) is 2.43. The number of sulfonamides is 1. The molecule has 11 heteroatoms. The number of hydroxylamine groups is 1. The number of aryl methyl sites for hydroxylation is 1. The van der Waals surface area contributed by atoms with Crippen LogP contribution in [0.25, 0.3) is 0 Å². The Bertz CT molecular complexity index is 890. The lowest BCUT2D eigenvalue weighted by Gasteiger charge is -2.41. The third kappa shape index (κ3) is 4.52. The summed E-state index contributed by atoms with van der Waals surface area (Å²) in [4.78, 5) is 26.8. The van der Waals surface area contributed by atoms with Gasteiger partial charge in [-0.05, 0) is 31.4 Å². The van der Waals surface area contributed by atoms with Crippen molar-refractivity contribution >= 4 is 27.7 Å². The molecule has 3 rings (SSSR count). The third-order valence-corrected chi connectivity index (χ3v) is 8.19. The molecule has 1 aromatic carbocycles. The number of carboxylic acid groups (broad SMARTS) is 1. The summed E-state index contributed by atoms with van der Waals surface area (Å²) in [6.07, 6.45) is -1.04. The van der Waals surface area contributed by atoms with Crippen molar-refractivity contribution in [2.45, 2.75) is 19.8 Å². The van der Waals surface area contributed by atoms with Crippen LogP contribution >= 0.6 is 0 Å². The lowest BCUT2D eigenvalue weighted by atomic mass is 9.79. The predicted molar refractivity (Wildman–Crippen MR) is 110 cm³/mol. The predicted octanol–water partition coefficient (Wildman–Crippen LogP) is 0.712. The molecule has 0 unspecified atom stereocenters. The van der Waals surface area contributed by atoms with Gasteiger partial charge in [-0.1, -0.05) is 18.2 Å². The molecule has 2 heterocycles. The monoisotopic (exact) mass is 440 g/mol. The molecule has 0 atom stereocenters. The molecule has 2 amide bonds. The number of nitrogens with one attached hydrogen (secondary N) is 1. The van der Waals surface area contributed by atoms with Gasteiger partial charge in [0.05, 0.1) is 11.2 Å². The number of amides is 2. The van der Waals surface area contributed by atoms with Crippen molar-refractivity contribution < 1.29 is 28.3 Å². The van der Waals surface area contributed by atoms with Gasteiger partial charge < -0.3 is 14.9 Å². The van der Waals surface area contributed by atoms with E-state index < -0.39 is 33.2 Å². The number of carbonyl (C=O) groups is 2. The van der Waals surface area contributed by atoms with E-state index in [1.165, 1.54) is 4.31 Å². The minimum Gasteiger partial charge on any atom is -0.465 e. The molecule has 0 spiro atoms. The van der Waals surface area contributed by atoms with Gasteiger partial charge in [-0.2, -0.15) is 4.31 Å². The van der Waals surface area contributed by atoms with Gasteiger partial charge in [0.25, 0.3) is 5.91 Å². The molecule has 2 saturated heterocycles. The van der Waals surface area contributed by atoms with Crippen LogP contribution in [0.2, 0.25) is 0 Å². The maximum absolute atomic E-state index is 13.1. The standard InChI is InChI=1S/C19H28N4O6S/c1-15-4-2-3-5-16(15)21-10-12-23(13-11-21)30(28,29)14-19(17(24)20-27)6-8-22(9-7-19)18(25)26/h2-5,27H,6-14H2,1H3,(H,20,24)(H,25,26). The van der Waals surface area contributed by atoms with E-state index in [1.54, 1.807) is 5.48 Å². The minimum absolute atomic E-state index is 0.0358. The van der Waals surface area contributed by atoms with Crippen LogP contribution < -0.4 is 10.4 Å². The minimum atomic E-state index is -3.78. The Labute approximate surface area is 176 Å². The summed E-state index contributed by atoms with van der Waals surface area (Å²) in [6, 6.07) is 7.93. The fourth-order valence-corrected chi connectivity index (χ4v) is 6.27. The molecule has 2 aliphatic heterocycles. The van der Waals surface area contributed by atoms with Gasteiger partial charge in [0.2, 0.25) is 10.0 Å². The first-order valence-corrected chi connectivity index (χ1v) is 11.5. The second-order valence-corrected chi connectivity index (χ2v) is 9.89. The number of anilines is 1. The van der Waals surface area contributed by atoms with Crippen molar-refractivity contribution in [2.24, 2.45) is 5.41 Å². The molecule has 0 saturated carbocycles. The zero-order valence-electron chi connectivity index (χ0n) is 17.0. The summed E-state index contributed by atoms with van der Waals surface area (Å²) >= 11 is 0. The van der Waals surface area contributed by atoms with Crippen LogP contribution in [0, 0.1) is 12.3 Å². The van der Waals surface area contributed by atoms with Gasteiger partial charge in [-0.25, -0.2) is 18.7 Å². The van der Waals surface area contributed by atoms with Crippen molar-refractivity contribution in [1.82, 2.24) is 14.7 Å². The molecule has 2 aliphatic rings. The van der Waals surface area contributed by atoms with Gasteiger partial charge in [-0.15, -0.1) is 0 Å². The largest absolute Gasteiger partial charge is 0.465 e. The molecule has 0 bridgehead atoms. The highest BCUT2D eigenvalue weighted by Crippen LogP contribution is 2.35. The van der Waals surface area contributed by atoms with Crippen molar-refractivity contribution in [3.05, 3.63) is 29.8 Å². The van der Waals surface area contributed by atoms with E-state index in [4.69, 9.17) is 5.11 Å². The highest BCUT2D eigenvalue weighted by atomic mass is 32.2. The van der Waals surface area contributed by atoms with Crippen LogP contribution in [-0.4, -0.2) is 85.0 Å². The lowest BCUT2D eigenvalue weighted by molar-refractivity contribution is -0.141. The fraction of sp³-hybridized carbons (Fsp3) is 0.579. The van der Waals surface area contributed by atoms with Crippen LogP contribution in [0.1, 0.15) is 18.4 Å². The summed E-state index contributed by atoms with van der Waals surface area (Å²) in [7, 11) is -3.78. The van der Waals surface area contributed by atoms with E-state index in [9.17, 15) is 23.2 Å². The number of nitrogens with zero attached hydrogens (tertiary/aromatic N) is 3. The lowest BCUT2D eigenvalue weighted by Crippen LogP contribution is -2.56. The van der Waals surface area contributed by atoms with E-state index in [0.717, 1.165) is 16.2 Å². The van der Waals surface area contributed by atoms with Crippen molar-refractivity contribution in [3.8, 4) is 0 Å². The highest BCUT2D eigenvalue weighted by molar-refractivity contribution is 7.89. The normalized spacial score (nSPS) is 20.1. The fourth-order valence-electron chi connectivity index (χ4n) is 4.25. The maximum atomic E-state index is 13.1. The molecule has 0 radical (unpaired) electrons. The Morgan fingerprint density at radius 3 is 2.20 bits per heavy atom. The van der Waals surface area contributed by atoms with Crippen LogP contribution in [0.5, 0.6) is 0 Å². The first kappa shape index (κ1) is 22.3. The average molecular weight is 441 g/mol. The summed E-state index contributed by atoms with van der Waals surface area (Å²) in [6.45, 7) is 3.77. The van der Waals surface area contributed by atoms with Crippen molar-refractivity contribution in [1.29, 1.82) is 0 Å². The smallest absolute Gasteiger partial charge is 0.407 e. The van der Waals surface area contributed by atoms with E-state index in [0.29, 0.717) is 26.2 Å². The Morgan fingerprint density at radius 1 is 1.07 bits per heavy atom. The van der Waals surface area contributed by atoms with E-state index in [-0.39, 0.29) is 25.9 Å². The number of piperazine rings is 1. The first-order chi connectivity index (χ1) is 14.2. The zero-order chi connectivity index (χ0) is 21.9. The number of hydrogen-bond donors (Lipinski definition) is 3. The number of piperidine rings is 1. The third-order valence-electron chi connectivity index (χ3n) is 6.12. The highest BCUT2D eigenvalue weighted by Gasteiger charge is 2.47. The van der Waals surface area contributed by atoms with Gasteiger partial charge in [0, 0.05) is 45.0 Å². The summed E-state index contributed by atoms with van der Waals surface area (Å²) < 4.78 is 27.6. The molecule has 0 aliphatic carbocycles. The topological polar surface area (TPSA) is 130 Å². The molecule has 1 aromatic rings. The number of likely N-dealkylation sites (tertiary alicyclic amines) is 1. The number of carbonyl (C=O) groups excluding carboxylic acids is 1. The molecule has 166 valence electrons. The second-order valence-electron chi connectivity index (χ2n) is 7.92. The van der Waals surface area contributed by atoms with Crippen molar-refractivity contribution in [3.63, 3.8) is 0 Å². The number of hydrogen-bond acceptors (Lipinski definition) is 6. The SMILES string of the molecule is Cc1ccccc1N1CCN(S(=O)(=O)CC2(C(=O)NO)CCN(C(=O)O)CC2)CC1. The molecule has 30 heavy (non-hydrogen) atoms. The number of rotatable bonds is 5. The Balaban J connectivity index is 1.69. The molecular weight excluding hydrogens is 412 g/mol. The number of para-hydroxylation sites is 1. The second kappa shape index (κ2) is 8.78. The average Bonchev–Trinajstić information content (AvgIpc) is 2.73. The maximum Gasteiger partial charge on any atom is 0.407 e. The Kier molecular flexibility index (Phi) is 6.53. The molecule has 0 aromatic heterocycles. The summed E-state index contributed by atoms with van der Waals surface area (Å²) in [5.74, 6) is -1.24. The summed E-state index contributed by atoms with van der Waals surface area (Å²) in [5, 5.41) is 18.3. The van der Waals surface area contributed by atoms with Crippen LogP contribution in [0.3, 0.4) is 0 Å². The van der Waals surface area contributed by atoms with Gasteiger partial charge in [-0.3, -0.25) is 10.0 Å². The zero-order valence-corrected chi connectivity index (χ0v) is 17.8. The van der Waals surface area contributed by atoms with Gasteiger partial charge in [0.15, 0.2) is 0 Å². The molecule has 3 N–H and O–H groups in total. The Hall–Kier alpha value is -2.37. The van der Waals surface area contributed by atoms with E-state index in [1.807, 2.05) is 31.2 Å². The van der Waals surface area contributed by atoms with Gasteiger partial charge in [0.1, 0.15) is 0 Å². The quantitative estimate of drug-likeness (QED) is 0.454. The molecule has 10 nitrogen and oxygen atoms in total. The Morgan fingerprint density at radius 2 is 1.67 bits per heavy atom. The first-order valence-electron chi connectivity index (χ1n) is 9.89. The van der Waals surface area contributed by atoms with E-state index >= 15 is 0 Å². The van der Waals surface area contributed by atoms with Crippen molar-refractivity contribution in [2.75, 3.05) is 49.9 Å².